The van der Waals surface area contributed by atoms with Gasteiger partial charge in [0.2, 0.25) is 0 Å². The maximum absolute atomic E-state index is 2.47. The Morgan fingerprint density at radius 2 is 1.91 bits per heavy atom. The Morgan fingerprint density at radius 3 is 2.55 bits per heavy atom. The van der Waals surface area contributed by atoms with Crippen LogP contribution in [-0.2, 0) is 0 Å². The van der Waals surface area contributed by atoms with Crippen LogP contribution >= 0.6 is 0 Å². The molecule has 0 saturated heterocycles. The van der Waals surface area contributed by atoms with Gasteiger partial charge in [-0.25, -0.2) is 0 Å². The first-order valence-electron chi connectivity index (χ1n) is 5.31. The average molecular weight is 152 g/mol. The van der Waals surface area contributed by atoms with Crippen molar-refractivity contribution < 1.29 is 0 Å². The highest BCUT2D eigenvalue weighted by Crippen LogP contribution is 2.49. The Morgan fingerprint density at radius 1 is 1.18 bits per heavy atom. The van der Waals surface area contributed by atoms with Crippen molar-refractivity contribution in [2.24, 2.45) is 23.7 Å². The zero-order chi connectivity index (χ0) is 7.84. The molecule has 11 heavy (non-hydrogen) atoms. The van der Waals surface area contributed by atoms with E-state index in [0.29, 0.717) is 0 Å². The van der Waals surface area contributed by atoms with Gasteiger partial charge in [0, 0.05) is 0 Å². The molecule has 0 heterocycles. The van der Waals surface area contributed by atoms with Crippen LogP contribution < -0.4 is 0 Å². The molecule has 0 aromatic rings. The standard InChI is InChI=1S/C11H20/c1-3-11-8(2)4-5-9-6-10(11)7-9/h8-11H,3-7H2,1-2H3. The van der Waals surface area contributed by atoms with Gasteiger partial charge in [-0.15, -0.1) is 0 Å². The minimum absolute atomic E-state index is 1.03. The summed E-state index contributed by atoms with van der Waals surface area (Å²) in [5, 5.41) is 0. The van der Waals surface area contributed by atoms with Crippen LogP contribution in [-0.4, -0.2) is 0 Å². The quantitative estimate of drug-likeness (QED) is 0.539. The lowest BCUT2D eigenvalue weighted by Crippen LogP contribution is -2.28. The maximum Gasteiger partial charge on any atom is -0.0362 e. The van der Waals surface area contributed by atoms with Crippen molar-refractivity contribution in [3.63, 3.8) is 0 Å². The summed E-state index contributed by atoms with van der Waals surface area (Å²) in [5.41, 5.74) is 0. The van der Waals surface area contributed by atoms with Crippen molar-refractivity contribution in [2.45, 2.75) is 46.0 Å². The topological polar surface area (TPSA) is 0 Å². The fourth-order valence-corrected chi connectivity index (χ4v) is 3.29. The van der Waals surface area contributed by atoms with Gasteiger partial charge in [-0.3, -0.25) is 0 Å². The lowest BCUT2D eigenvalue weighted by atomic mass is 9.68. The Bertz CT molecular complexity index is 131. The van der Waals surface area contributed by atoms with Crippen LogP contribution in [0.1, 0.15) is 46.0 Å². The van der Waals surface area contributed by atoms with Crippen molar-refractivity contribution in [3.05, 3.63) is 0 Å². The van der Waals surface area contributed by atoms with Gasteiger partial charge in [0.25, 0.3) is 0 Å². The molecule has 3 rings (SSSR count). The SMILES string of the molecule is CCC1C(C)CCC2CC1C2. The van der Waals surface area contributed by atoms with Gasteiger partial charge in [0.15, 0.2) is 0 Å². The molecule has 0 N–H and O–H groups in total. The van der Waals surface area contributed by atoms with Gasteiger partial charge < -0.3 is 0 Å². The molecule has 3 aliphatic carbocycles. The second kappa shape index (κ2) is 2.80. The van der Waals surface area contributed by atoms with Crippen molar-refractivity contribution >= 4 is 0 Å². The highest BCUT2D eigenvalue weighted by Gasteiger charge is 2.39. The first kappa shape index (κ1) is 7.64. The van der Waals surface area contributed by atoms with Crippen molar-refractivity contribution in [1.82, 2.24) is 0 Å². The third-order valence-electron chi connectivity index (χ3n) is 4.11. The van der Waals surface area contributed by atoms with Gasteiger partial charge in [0.05, 0.1) is 0 Å². The van der Waals surface area contributed by atoms with E-state index in [1.54, 1.807) is 12.8 Å². The summed E-state index contributed by atoms with van der Waals surface area (Å²) >= 11 is 0. The van der Waals surface area contributed by atoms with Gasteiger partial charge in [0.1, 0.15) is 0 Å². The fourth-order valence-electron chi connectivity index (χ4n) is 3.29. The fraction of sp³-hybridized carbons (Fsp3) is 1.00. The van der Waals surface area contributed by atoms with Crippen LogP contribution in [0.3, 0.4) is 0 Å². The van der Waals surface area contributed by atoms with Crippen LogP contribution in [0.2, 0.25) is 0 Å². The monoisotopic (exact) mass is 152 g/mol. The van der Waals surface area contributed by atoms with E-state index in [-0.39, 0.29) is 0 Å². The molecular formula is C11H20. The van der Waals surface area contributed by atoms with E-state index in [1.165, 1.54) is 19.3 Å². The van der Waals surface area contributed by atoms with E-state index >= 15 is 0 Å². The molecule has 0 aliphatic heterocycles. The summed E-state index contributed by atoms with van der Waals surface area (Å²) in [5.74, 6) is 4.37. The van der Waals surface area contributed by atoms with Crippen LogP contribution in [0.15, 0.2) is 0 Å². The number of rotatable bonds is 1. The summed E-state index contributed by atoms with van der Waals surface area (Å²) in [7, 11) is 0. The summed E-state index contributed by atoms with van der Waals surface area (Å²) in [4.78, 5) is 0. The van der Waals surface area contributed by atoms with Crippen LogP contribution in [0.4, 0.5) is 0 Å². The third kappa shape index (κ3) is 1.21. The zero-order valence-corrected chi connectivity index (χ0v) is 7.84. The lowest BCUT2D eigenvalue weighted by molar-refractivity contribution is 0.125. The maximum atomic E-state index is 2.47. The second-order valence-corrected chi connectivity index (χ2v) is 4.72. The molecule has 2 unspecified atom stereocenters. The van der Waals surface area contributed by atoms with Gasteiger partial charge >= 0.3 is 0 Å². The first-order chi connectivity index (χ1) is 5.31. The Balaban J connectivity index is 2.03. The lowest BCUT2D eigenvalue weighted by Gasteiger charge is -2.38. The van der Waals surface area contributed by atoms with Gasteiger partial charge in [-0.1, -0.05) is 33.1 Å². The number of fused-ring (bicyclic) bond motifs is 3. The summed E-state index contributed by atoms with van der Waals surface area (Å²) < 4.78 is 0. The largest absolute Gasteiger partial charge is 0.0651 e. The van der Waals surface area contributed by atoms with Crippen LogP contribution in [0, 0.1) is 23.7 Å². The summed E-state index contributed by atoms with van der Waals surface area (Å²) in [6.07, 6.45) is 7.62. The average Bonchev–Trinajstić information content (AvgIpc) is 2.14. The Labute approximate surface area is 70.4 Å². The second-order valence-electron chi connectivity index (χ2n) is 4.72. The molecule has 0 aromatic carbocycles. The highest BCUT2D eigenvalue weighted by molar-refractivity contribution is 4.89. The van der Waals surface area contributed by atoms with Crippen LogP contribution in [0.25, 0.3) is 0 Å². The minimum atomic E-state index is 1.03. The molecule has 0 radical (unpaired) electrons. The predicted molar refractivity (Wildman–Crippen MR) is 48.4 cm³/mol. The number of hydrogen-bond acceptors (Lipinski definition) is 0. The minimum Gasteiger partial charge on any atom is -0.0651 e. The molecule has 0 aromatic heterocycles. The van der Waals surface area contributed by atoms with Crippen molar-refractivity contribution in [1.29, 1.82) is 0 Å². The predicted octanol–water partition coefficient (Wildman–Crippen LogP) is 3.47. The van der Waals surface area contributed by atoms with Crippen molar-refractivity contribution in [2.75, 3.05) is 0 Å². The molecular weight excluding hydrogens is 132 g/mol. The molecule has 3 saturated carbocycles. The smallest absolute Gasteiger partial charge is 0.0362 e. The third-order valence-corrected chi connectivity index (χ3v) is 4.11. The summed E-state index contributed by atoms with van der Waals surface area (Å²) in [6.45, 7) is 4.84. The van der Waals surface area contributed by atoms with E-state index in [2.05, 4.69) is 13.8 Å². The molecule has 0 amide bonds. The van der Waals surface area contributed by atoms with E-state index in [4.69, 9.17) is 0 Å². The van der Waals surface area contributed by atoms with E-state index in [1.807, 2.05) is 0 Å². The normalized spacial score (nSPS) is 49.6. The molecule has 64 valence electrons. The molecule has 3 fully saturated rings. The molecule has 0 heteroatoms. The first-order valence-corrected chi connectivity index (χ1v) is 5.31. The molecule has 0 nitrogen and oxygen atoms in total. The Kier molecular flexibility index (Phi) is 1.95. The number of hydrogen-bond donors (Lipinski definition) is 0. The van der Waals surface area contributed by atoms with E-state index in [0.717, 1.165) is 23.7 Å². The zero-order valence-electron chi connectivity index (χ0n) is 7.84. The Hall–Kier alpha value is 0. The van der Waals surface area contributed by atoms with E-state index < -0.39 is 0 Å². The van der Waals surface area contributed by atoms with Crippen molar-refractivity contribution in [3.8, 4) is 0 Å². The van der Waals surface area contributed by atoms with Gasteiger partial charge in [-0.05, 0) is 36.5 Å². The molecule has 2 bridgehead atoms. The van der Waals surface area contributed by atoms with Gasteiger partial charge in [-0.2, -0.15) is 0 Å². The highest BCUT2D eigenvalue weighted by atomic mass is 14.4. The molecule has 2 atom stereocenters. The van der Waals surface area contributed by atoms with Crippen LogP contribution in [0.5, 0.6) is 0 Å². The molecule has 3 aliphatic rings. The molecule has 0 spiro atoms. The van der Waals surface area contributed by atoms with E-state index in [9.17, 15) is 0 Å². The summed E-state index contributed by atoms with van der Waals surface area (Å²) in [6, 6.07) is 0.